The van der Waals surface area contributed by atoms with Crippen LogP contribution in [0.5, 0.6) is 0 Å². The van der Waals surface area contributed by atoms with Gasteiger partial charge in [-0.25, -0.2) is 14.8 Å². The number of aryl methyl sites for hydroxylation is 2. The van der Waals surface area contributed by atoms with Crippen molar-refractivity contribution in [3.63, 3.8) is 0 Å². The van der Waals surface area contributed by atoms with Gasteiger partial charge in [-0.1, -0.05) is 0 Å². The Morgan fingerprint density at radius 3 is 2.76 bits per heavy atom. The Morgan fingerprint density at radius 1 is 1.41 bits per heavy atom. The fraction of sp³-hybridized carbons (Fsp3) is 0.417. The van der Waals surface area contributed by atoms with Crippen molar-refractivity contribution in [3.05, 3.63) is 29.0 Å². The summed E-state index contributed by atoms with van der Waals surface area (Å²) in [7, 11) is 0. The quantitative estimate of drug-likeness (QED) is 0.742. The van der Waals surface area contributed by atoms with Crippen molar-refractivity contribution in [2.24, 2.45) is 0 Å². The highest BCUT2D eigenvalue weighted by molar-refractivity contribution is 5.93. The van der Waals surface area contributed by atoms with E-state index >= 15 is 0 Å². The second-order valence-corrected chi connectivity index (χ2v) is 3.91. The van der Waals surface area contributed by atoms with Crippen molar-refractivity contribution >= 4 is 11.6 Å². The highest BCUT2D eigenvalue weighted by Gasteiger charge is 2.17. The molecule has 0 N–H and O–H groups in total. The maximum atomic E-state index is 11.7. The summed E-state index contributed by atoms with van der Waals surface area (Å²) in [6.45, 7) is 8.00. The molecule has 0 unspecified atom stereocenters. The molecule has 5 heteroatoms. The van der Waals surface area contributed by atoms with Crippen LogP contribution >= 0.6 is 0 Å². The first-order valence-electron chi connectivity index (χ1n) is 5.54. The van der Waals surface area contributed by atoms with Crippen molar-refractivity contribution in [2.45, 2.75) is 27.7 Å². The average Bonchev–Trinajstić information content (AvgIpc) is 2.70. The first kappa shape index (κ1) is 11.6. The first-order chi connectivity index (χ1) is 8.06. The summed E-state index contributed by atoms with van der Waals surface area (Å²) in [6.07, 6.45) is 1.61. The highest BCUT2D eigenvalue weighted by Crippen LogP contribution is 2.16. The van der Waals surface area contributed by atoms with Crippen LogP contribution in [0.15, 0.2) is 6.33 Å². The number of imidazole rings is 1. The van der Waals surface area contributed by atoms with Crippen molar-refractivity contribution in [3.8, 4) is 0 Å². The second kappa shape index (κ2) is 4.16. The van der Waals surface area contributed by atoms with Gasteiger partial charge in [0.15, 0.2) is 11.3 Å². The Kier molecular flexibility index (Phi) is 2.83. The number of carbonyl (C=O) groups is 1. The van der Waals surface area contributed by atoms with Crippen LogP contribution in [0, 0.1) is 20.8 Å². The Labute approximate surface area is 99.5 Å². The van der Waals surface area contributed by atoms with E-state index in [4.69, 9.17) is 4.74 Å². The molecule has 0 aromatic carbocycles. The number of ether oxygens (including phenoxy) is 1. The maximum absolute atomic E-state index is 11.7. The molecule has 0 bridgehead atoms. The van der Waals surface area contributed by atoms with E-state index in [1.54, 1.807) is 13.3 Å². The lowest BCUT2D eigenvalue weighted by atomic mass is 10.2. The summed E-state index contributed by atoms with van der Waals surface area (Å²) in [6, 6.07) is 0. The van der Waals surface area contributed by atoms with E-state index in [9.17, 15) is 4.79 Å². The summed E-state index contributed by atoms with van der Waals surface area (Å²) < 4.78 is 6.76. The molecular weight excluding hydrogens is 218 g/mol. The lowest BCUT2D eigenvalue weighted by Gasteiger charge is -2.07. The van der Waals surface area contributed by atoms with Crippen molar-refractivity contribution in [1.82, 2.24) is 14.4 Å². The molecule has 0 fully saturated rings. The van der Waals surface area contributed by atoms with E-state index in [1.165, 1.54) is 0 Å². The van der Waals surface area contributed by atoms with Crippen molar-refractivity contribution in [2.75, 3.05) is 6.61 Å². The Balaban J connectivity index is 2.65. The van der Waals surface area contributed by atoms with Crippen LogP contribution in [0.25, 0.3) is 5.65 Å². The molecule has 90 valence electrons. The van der Waals surface area contributed by atoms with Crippen LogP contribution in [0.1, 0.15) is 34.4 Å². The van der Waals surface area contributed by atoms with E-state index in [2.05, 4.69) is 9.97 Å². The molecule has 0 saturated heterocycles. The summed E-state index contributed by atoms with van der Waals surface area (Å²) in [4.78, 5) is 20.2. The predicted molar refractivity (Wildman–Crippen MR) is 63.2 cm³/mol. The monoisotopic (exact) mass is 233 g/mol. The van der Waals surface area contributed by atoms with Crippen molar-refractivity contribution in [1.29, 1.82) is 0 Å². The van der Waals surface area contributed by atoms with Gasteiger partial charge in [-0.3, -0.25) is 4.40 Å². The number of hydrogen-bond donors (Lipinski definition) is 0. The zero-order valence-corrected chi connectivity index (χ0v) is 10.4. The topological polar surface area (TPSA) is 56.5 Å². The molecule has 2 aromatic rings. The van der Waals surface area contributed by atoms with Gasteiger partial charge in [-0.2, -0.15) is 0 Å². The third kappa shape index (κ3) is 1.77. The molecule has 0 amide bonds. The molecule has 2 heterocycles. The van der Waals surface area contributed by atoms with Gasteiger partial charge in [0.25, 0.3) is 0 Å². The fourth-order valence-electron chi connectivity index (χ4n) is 1.72. The smallest absolute Gasteiger partial charge is 0.360 e. The van der Waals surface area contributed by atoms with Gasteiger partial charge < -0.3 is 4.74 Å². The van der Waals surface area contributed by atoms with E-state index in [0.29, 0.717) is 12.3 Å². The van der Waals surface area contributed by atoms with E-state index in [1.807, 2.05) is 25.2 Å². The van der Waals surface area contributed by atoms with E-state index in [0.717, 1.165) is 17.0 Å². The van der Waals surface area contributed by atoms with Gasteiger partial charge >= 0.3 is 5.97 Å². The standard InChI is InChI=1S/C12H15N3O2/c1-5-17-12(16)10-11-14-8(3)7(2)9(4)15(11)6-13-10/h6H,5H2,1-4H3. The molecule has 0 radical (unpaired) electrons. The Bertz CT molecular complexity index is 587. The number of hydrogen-bond acceptors (Lipinski definition) is 4. The van der Waals surface area contributed by atoms with Gasteiger partial charge in [-0.05, 0) is 33.3 Å². The normalized spacial score (nSPS) is 10.8. The lowest BCUT2D eigenvalue weighted by molar-refractivity contribution is 0.0522. The van der Waals surface area contributed by atoms with Crippen molar-refractivity contribution < 1.29 is 9.53 Å². The zero-order chi connectivity index (χ0) is 12.6. The number of carbonyl (C=O) groups excluding carboxylic acids is 1. The maximum Gasteiger partial charge on any atom is 0.360 e. The lowest BCUT2D eigenvalue weighted by Crippen LogP contribution is -2.08. The minimum absolute atomic E-state index is 0.276. The SMILES string of the molecule is CCOC(=O)c1ncn2c(C)c(C)c(C)nc12. The van der Waals surface area contributed by atoms with Gasteiger partial charge in [0.1, 0.15) is 6.33 Å². The van der Waals surface area contributed by atoms with Gasteiger partial charge in [0.2, 0.25) is 0 Å². The van der Waals surface area contributed by atoms with Crippen LogP contribution in [0.3, 0.4) is 0 Å². The molecule has 0 spiro atoms. The Morgan fingerprint density at radius 2 is 2.12 bits per heavy atom. The van der Waals surface area contributed by atoms with Crippen LogP contribution < -0.4 is 0 Å². The fourth-order valence-corrected chi connectivity index (χ4v) is 1.72. The number of fused-ring (bicyclic) bond motifs is 1. The number of esters is 1. The van der Waals surface area contributed by atoms with Gasteiger partial charge in [-0.15, -0.1) is 0 Å². The average molecular weight is 233 g/mol. The van der Waals surface area contributed by atoms with Gasteiger partial charge in [0, 0.05) is 11.4 Å². The molecule has 5 nitrogen and oxygen atoms in total. The van der Waals surface area contributed by atoms with Crippen LogP contribution in [0.4, 0.5) is 0 Å². The molecular formula is C12H15N3O2. The highest BCUT2D eigenvalue weighted by atomic mass is 16.5. The molecule has 2 aromatic heterocycles. The third-order valence-electron chi connectivity index (χ3n) is 2.93. The molecule has 0 aliphatic carbocycles. The van der Waals surface area contributed by atoms with E-state index in [-0.39, 0.29) is 5.69 Å². The number of nitrogens with zero attached hydrogens (tertiary/aromatic N) is 3. The predicted octanol–water partition coefficient (Wildman–Crippen LogP) is 1.83. The molecule has 0 atom stereocenters. The number of aromatic nitrogens is 3. The van der Waals surface area contributed by atoms with E-state index < -0.39 is 5.97 Å². The molecule has 0 aliphatic heterocycles. The Hall–Kier alpha value is -1.91. The second-order valence-electron chi connectivity index (χ2n) is 3.91. The summed E-state index contributed by atoms with van der Waals surface area (Å²) in [5.41, 5.74) is 3.88. The molecule has 17 heavy (non-hydrogen) atoms. The minimum atomic E-state index is -0.426. The van der Waals surface area contributed by atoms with Crippen LogP contribution in [0.2, 0.25) is 0 Å². The summed E-state index contributed by atoms with van der Waals surface area (Å²) in [5, 5.41) is 0. The van der Waals surface area contributed by atoms with Gasteiger partial charge in [0.05, 0.1) is 6.61 Å². The largest absolute Gasteiger partial charge is 0.461 e. The van der Waals surface area contributed by atoms with Crippen LogP contribution in [-0.4, -0.2) is 26.9 Å². The molecule has 2 rings (SSSR count). The summed E-state index contributed by atoms with van der Waals surface area (Å²) in [5.74, 6) is -0.426. The molecule has 0 saturated carbocycles. The summed E-state index contributed by atoms with van der Waals surface area (Å²) >= 11 is 0. The zero-order valence-electron chi connectivity index (χ0n) is 10.4. The van der Waals surface area contributed by atoms with Crippen LogP contribution in [-0.2, 0) is 4.74 Å². The first-order valence-corrected chi connectivity index (χ1v) is 5.54. The number of rotatable bonds is 2. The minimum Gasteiger partial charge on any atom is -0.461 e. The third-order valence-corrected chi connectivity index (χ3v) is 2.93. The molecule has 0 aliphatic rings.